The van der Waals surface area contributed by atoms with Crippen LogP contribution in [0.4, 0.5) is 0 Å². The van der Waals surface area contributed by atoms with Gasteiger partial charge in [0.05, 0.1) is 7.11 Å². The van der Waals surface area contributed by atoms with Gasteiger partial charge in [0.1, 0.15) is 5.75 Å². The fourth-order valence-electron chi connectivity index (χ4n) is 2.78. The largest absolute Gasteiger partial charge is 0.496 e. The average molecular weight is 326 g/mol. The van der Waals surface area contributed by atoms with Crippen molar-refractivity contribution in [3.63, 3.8) is 0 Å². The molecule has 0 aliphatic heterocycles. The van der Waals surface area contributed by atoms with Gasteiger partial charge in [-0.05, 0) is 48.5 Å². The monoisotopic (exact) mass is 326 g/mol. The Hall–Kier alpha value is -1.91. The first-order valence-corrected chi connectivity index (χ1v) is 9.01. The van der Waals surface area contributed by atoms with E-state index in [1.807, 2.05) is 0 Å². The van der Waals surface area contributed by atoms with Gasteiger partial charge in [-0.15, -0.1) is 11.8 Å². The van der Waals surface area contributed by atoms with E-state index in [0.29, 0.717) is 0 Å². The van der Waals surface area contributed by atoms with Crippen LogP contribution in [-0.4, -0.2) is 24.9 Å². The molecule has 2 N–H and O–H groups in total. The molecule has 23 heavy (non-hydrogen) atoms. The summed E-state index contributed by atoms with van der Waals surface area (Å²) in [5.74, 6) is 0.952. The van der Waals surface area contributed by atoms with E-state index in [4.69, 9.17) is 4.74 Å². The van der Waals surface area contributed by atoms with E-state index in [0.717, 1.165) is 25.3 Å². The number of benzene rings is 2. The molecule has 4 heteroatoms. The molecule has 0 amide bonds. The van der Waals surface area contributed by atoms with Gasteiger partial charge >= 0.3 is 0 Å². The second-order valence-electron chi connectivity index (χ2n) is 5.48. The van der Waals surface area contributed by atoms with Crippen LogP contribution < -0.4 is 10.1 Å². The molecule has 0 saturated heterocycles. The molecule has 3 aromatic rings. The minimum absolute atomic E-state index is 0.855. The van der Waals surface area contributed by atoms with Crippen molar-refractivity contribution in [2.75, 3.05) is 19.9 Å². The maximum atomic E-state index is 5.44. The van der Waals surface area contributed by atoms with Gasteiger partial charge in [-0.3, -0.25) is 0 Å². The Morgan fingerprint density at radius 1 is 1.17 bits per heavy atom. The molecular formula is C19H22N2OS. The number of hydrogen-bond donors (Lipinski definition) is 2. The minimum atomic E-state index is 0.855. The zero-order valence-corrected chi connectivity index (χ0v) is 14.4. The molecule has 2 aromatic carbocycles. The van der Waals surface area contributed by atoms with E-state index in [1.165, 1.54) is 26.9 Å². The molecule has 0 atom stereocenters. The lowest BCUT2D eigenvalue weighted by atomic mass is 10.1. The third-order valence-electron chi connectivity index (χ3n) is 4.02. The van der Waals surface area contributed by atoms with Crippen LogP contribution in [0.25, 0.3) is 10.9 Å². The summed E-state index contributed by atoms with van der Waals surface area (Å²) in [5, 5.41) is 4.84. The van der Waals surface area contributed by atoms with Gasteiger partial charge in [0, 0.05) is 28.5 Å². The van der Waals surface area contributed by atoms with Gasteiger partial charge in [-0.2, -0.15) is 0 Å². The maximum absolute atomic E-state index is 5.44. The number of nitrogens with one attached hydrogen (secondary N) is 2. The highest BCUT2D eigenvalue weighted by Gasteiger charge is 2.04. The molecular weight excluding hydrogens is 304 g/mol. The summed E-state index contributed by atoms with van der Waals surface area (Å²) in [6.07, 6.45) is 5.20. The molecule has 3 nitrogen and oxygen atoms in total. The quantitative estimate of drug-likeness (QED) is 0.504. The molecule has 0 bridgehead atoms. The fraction of sp³-hybridized carbons (Fsp3) is 0.263. The lowest BCUT2D eigenvalue weighted by molar-refractivity contribution is 0.404. The highest BCUT2D eigenvalue weighted by Crippen LogP contribution is 2.28. The Morgan fingerprint density at radius 3 is 2.87 bits per heavy atom. The summed E-state index contributed by atoms with van der Waals surface area (Å²) in [7, 11) is 1.73. The molecule has 0 aliphatic carbocycles. The topological polar surface area (TPSA) is 37.0 Å². The van der Waals surface area contributed by atoms with E-state index in [9.17, 15) is 0 Å². The Bertz CT molecular complexity index is 782. The van der Waals surface area contributed by atoms with Crippen LogP contribution >= 0.6 is 11.8 Å². The first kappa shape index (κ1) is 16.0. The van der Waals surface area contributed by atoms with Gasteiger partial charge < -0.3 is 15.0 Å². The van der Waals surface area contributed by atoms with Crippen LogP contribution in [0.3, 0.4) is 0 Å². The maximum Gasteiger partial charge on any atom is 0.132 e. The summed E-state index contributed by atoms with van der Waals surface area (Å²) in [6.45, 7) is 1.81. The van der Waals surface area contributed by atoms with Gasteiger partial charge in [0.2, 0.25) is 0 Å². The Kier molecular flexibility index (Phi) is 5.26. The number of rotatable bonds is 7. The van der Waals surface area contributed by atoms with Gasteiger partial charge in [-0.1, -0.05) is 24.3 Å². The Labute approximate surface area is 141 Å². The van der Waals surface area contributed by atoms with E-state index in [-0.39, 0.29) is 0 Å². The van der Waals surface area contributed by atoms with E-state index >= 15 is 0 Å². The predicted molar refractivity (Wildman–Crippen MR) is 98.5 cm³/mol. The highest BCUT2D eigenvalue weighted by atomic mass is 32.2. The van der Waals surface area contributed by atoms with Crippen molar-refractivity contribution in [3.8, 4) is 5.75 Å². The number of fused-ring (bicyclic) bond motifs is 1. The number of hydrogen-bond acceptors (Lipinski definition) is 3. The van der Waals surface area contributed by atoms with Crippen molar-refractivity contribution in [1.29, 1.82) is 0 Å². The lowest BCUT2D eigenvalue weighted by Crippen LogP contribution is -2.16. The number of thioether (sulfide) groups is 1. The standard InChI is InChI=1S/C19H22N2OS/c1-22-18-11-14(7-8-19(18)23-2)12-20-10-9-15-13-21-17-6-4-3-5-16(15)17/h3-8,11,13,20-21H,9-10,12H2,1-2H3. The van der Waals surface area contributed by atoms with Gasteiger partial charge in [0.25, 0.3) is 0 Å². The SMILES string of the molecule is COc1cc(CNCCc2c[nH]c3ccccc23)ccc1SC. The summed E-state index contributed by atoms with van der Waals surface area (Å²) >= 11 is 1.71. The van der Waals surface area contributed by atoms with Crippen molar-refractivity contribution in [2.24, 2.45) is 0 Å². The number of aromatic nitrogens is 1. The average Bonchev–Trinajstić information content (AvgIpc) is 3.01. The number of ether oxygens (including phenoxy) is 1. The van der Waals surface area contributed by atoms with Crippen LogP contribution in [0.15, 0.2) is 53.6 Å². The number of methoxy groups -OCH3 is 1. The third kappa shape index (κ3) is 3.71. The molecule has 0 unspecified atom stereocenters. The van der Waals surface area contributed by atoms with Crippen LogP contribution in [0, 0.1) is 0 Å². The second kappa shape index (κ2) is 7.57. The summed E-state index contributed by atoms with van der Waals surface area (Å²) in [6, 6.07) is 14.8. The normalized spacial score (nSPS) is 11.0. The third-order valence-corrected chi connectivity index (χ3v) is 4.80. The zero-order valence-electron chi connectivity index (χ0n) is 13.6. The predicted octanol–water partition coefficient (Wildman–Crippen LogP) is 4.23. The van der Waals surface area contributed by atoms with E-state index in [1.54, 1.807) is 18.9 Å². The van der Waals surface area contributed by atoms with Crippen molar-refractivity contribution < 1.29 is 4.74 Å². The zero-order chi connectivity index (χ0) is 16.1. The molecule has 3 rings (SSSR count). The summed E-state index contributed by atoms with van der Waals surface area (Å²) in [4.78, 5) is 4.50. The van der Waals surface area contributed by atoms with Crippen molar-refractivity contribution in [3.05, 3.63) is 59.8 Å². The number of H-pyrrole nitrogens is 1. The van der Waals surface area contributed by atoms with Crippen molar-refractivity contribution in [2.45, 2.75) is 17.9 Å². The summed E-state index contributed by atoms with van der Waals surface area (Å²) in [5.41, 5.74) is 3.82. The first-order chi connectivity index (χ1) is 11.3. The van der Waals surface area contributed by atoms with Crippen molar-refractivity contribution >= 4 is 22.7 Å². The first-order valence-electron chi connectivity index (χ1n) is 7.78. The summed E-state index contributed by atoms with van der Waals surface area (Å²) < 4.78 is 5.44. The van der Waals surface area contributed by atoms with Crippen LogP contribution in [0.1, 0.15) is 11.1 Å². The smallest absolute Gasteiger partial charge is 0.132 e. The van der Waals surface area contributed by atoms with Gasteiger partial charge in [-0.25, -0.2) is 0 Å². The molecule has 1 aromatic heterocycles. The van der Waals surface area contributed by atoms with E-state index < -0.39 is 0 Å². The van der Waals surface area contributed by atoms with Crippen LogP contribution in [0.2, 0.25) is 0 Å². The van der Waals surface area contributed by atoms with Crippen LogP contribution in [0.5, 0.6) is 5.75 Å². The molecule has 0 aliphatic rings. The molecule has 0 spiro atoms. The Morgan fingerprint density at radius 2 is 2.04 bits per heavy atom. The molecule has 1 heterocycles. The minimum Gasteiger partial charge on any atom is -0.496 e. The molecule has 0 fully saturated rings. The van der Waals surface area contributed by atoms with Crippen molar-refractivity contribution in [1.82, 2.24) is 10.3 Å². The molecule has 120 valence electrons. The lowest BCUT2D eigenvalue weighted by Gasteiger charge is -2.10. The van der Waals surface area contributed by atoms with Crippen LogP contribution in [-0.2, 0) is 13.0 Å². The Balaban J connectivity index is 1.55. The molecule has 0 saturated carbocycles. The van der Waals surface area contributed by atoms with Gasteiger partial charge in [0.15, 0.2) is 0 Å². The van der Waals surface area contributed by atoms with E-state index in [2.05, 4.69) is 65.2 Å². The number of para-hydroxylation sites is 1. The second-order valence-corrected chi connectivity index (χ2v) is 6.32. The highest BCUT2D eigenvalue weighted by molar-refractivity contribution is 7.98. The number of aromatic amines is 1. The fourth-order valence-corrected chi connectivity index (χ4v) is 3.33. The molecule has 0 radical (unpaired) electrons.